The van der Waals surface area contributed by atoms with E-state index in [-0.39, 0.29) is 12.4 Å². The summed E-state index contributed by atoms with van der Waals surface area (Å²) in [5, 5.41) is 4.01. The zero-order valence-corrected chi connectivity index (χ0v) is 14.9. The number of fused-ring (bicyclic) bond motifs is 1. The summed E-state index contributed by atoms with van der Waals surface area (Å²) in [4.78, 5) is 20.8. The number of rotatable bonds is 4. The van der Waals surface area contributed by atoms with Crippen molar-refractivity contribution in [3.05, 3.63) is 53.9 Å². The first-order chi connectivity index (χ1) is 11.6. The Labute approximate surface area is 151 Å². The number of anilines is 2. The van der Waals surface area contributed by atoms with Crippen LogP contribution in [0, 0.1) is 6.92 Å². The molecule has 2 aromatic heterocycles. The average Bonchev–Trinajstić information content (AvgIpc) is 2.61. The molecule has 0 fully saturated rings. The normalized spacial score (nSPS) is 10.0. The van der Waals surface area contributed by atoms with E-state index >= 15 is 0 Å². The second-order valence-electron chi connectivity index (χ2n) is 5.22. The van der Waals surface area contributed by atoms with Gasteiger partial charge in [0.2, 0.25) is 0 Å². The molecule has 3 rings (SSSR count). The van der Waals surface area contributed by atoms with E-state index in [9.17, 15) is 4.79 Å². The molecular formula is C18H18ClN3O3. The fraction of sp³-hybridized carbons (Fsp3) is 0.167. The number of hydrogen-bond donors (Lipinski definition) is 1. The average molecular weight is 360 g/mol. The summed E-state index contributed by atoms with van der Waals surface area (Å²) in [6.07, 6.45) is 1.48. The van der Waals surface area contributed by atoms with Crippen molar-refractivity contribution < 1.29 is 14.3 Å². The van der Waals surface area contributed by atoms with E-state index in [1.54, 1.807) is 7.11 Å². The molecule has 0 aliphatic heterocycles. The number of aryl methyl sites for hydroxylation is 1. The first kappa shape index (κ1) is 18.5. The fourth-order valence-corrected chi connectivity index (χ4v) is 2.39. The summed E-state index contributed by atoms with van der Waals surface area (Å²) in [7, 11) is 2.96. The van der Waals surface area contributed by atoms with Crippen LogP contribution >= 0.6 is 12.4 Å². The molecule has 0 saturated heterocycles. The largest absolute Gasteiger partial charge is 0.497 e. The summed E-state index contributed by atoms with van der Waals surface area (Å²) in [5.41, 5.74) is 3.21. The van der Waals surface area contributed by atoms with Crippen LogP contribution in [0.15, 0.2) is 42.6 Å². The van der Waals surface area contributed by atoms with E-state index in [1.807, 2.05) is 43.3 Å². The number of aromatic nitrogens is 2. The van der Waals surface area contributed by atoms with Crippen LogP contribution in [0.5, 0.6) is 5.75 Å². The number of methoxy groups -OCH3 is 2. The highest BCUT2D eigenvalue weighted by molar-refractivity contribution is 6.05. The Bertz CT molecular complexity index is 898. The highest BCUT2D eigenvalue weighted by atomic mass is 35.5. The fourth-order valence-electron chi connectivity index (χ4n) is 2.39. The molecule has 6 nitrogen and oxygen atoms in total. The Balaban J connectivity index is 0.00000225. The molecule has 1 aromatic carbocycles. The molecule has 2 heterocycles. The molecule has 7 heteroatoms. The van der Waals surface area contributed by atoms with E-state index in [2.05, 4.69) is 15.3 Å². The SMILES string of the molecule is COC(=O)c1cnc2nc(C)ccc2c1Nc1ccc(OC)cc1.Cl. The maximum absolute atomic E-state index is 12.1. The van der Waals surface area contributed by atoms with Gasteiger partial charge in [0.1, 0.15) is 11.3 Å². The van der Waals surface area contributed by atoms with Gasteiger partial charge in [-0.3, -0.25) is 0 Å². The Hall–Kier alpha value is -2.86. The Morgan fingerprint density at radius 1 is 1.08 bits per heavy atom. The van der Waals surface area contributed by atoms with Crippen molar-refractivity contribution in [1.29, 1.82) is 0 Å². The van der Waals surface area contributed by atoms with Crippen LogP contribution in [-0.4, -0.2) is 30.2 Å². The lowest BCUT2D eigenvalue weighted by molar-refractivity contribution is 0.0601. The molecule has 25 heavy (non-hydrogen) atoms. The van der Waals surface area contributed by atoms with Gasteiger partial charge in [-0.25, -0.2) is 14.8 Å². The lowest BCUT2D eigenvalue weighted by atomic mass is 10.1. The lowest BCUT2D eigenvalue weighted by Crippen LogP contribution is -2.08. The molecule has 0 aliphatic carbocycles. The number of benzene rings is 1. The third-order valence-corrected chi connectivity index (χ3v) is 3.63. The van der Waals surface area contributed by atoms with Crippen molar-refractivity contribution in [2.24, 2.45) is 0 Å². The van der Waals surface area contributed by atoms with Gasteiger partial charge in [-0.15, -0.1) is 12.4 Å². The minimum absolute atomic E-state index is 0. The summed E-state index contributed by atoms with van der Waals surface area (Å²) in [6, 6.07) is 11.2. The van der Waals surface area contributed by atoms with Crippen molar-refractivity contribution in [3.8, 4) is 5.75 Å². The summed E-state index contributed by atoms with van der Waals surface area (Å²) < 4.78 is 10.0. The van der Waals surface area contributed by atoms with E-state index in [1.165, 1.54) is 13.3 Å². The van der Waals surface area contributed by atoms with Crippen molar-refractivity contribution >= 4 is 40.8 Å². The third-order valence-electron chi connectivity index (χ3n) is 3.63. The maximum atomic E-state index is 12.1. The van der Waals surface area contributed by atoms with Crippen molar-refractivity contribution in [1.82, 2.24) is 9.97 Å². The number of carbonyl (C=O) groups excluding carboxylic acids is 1. The number of esters is 1. The molecular weight excluding hydrogens is 342 g/mol. The minimum atomic E-state index is -0.457. The topological polar surface area (TPSA) is 73.3 Å². The molecule has 0 amide bonds. The highest BCUT2D eigenvalue weighted by Crippen LogP contribution is 2.29. The van der Waals surface area contributed by atoms with Crippen LogP contribution in [0.2, 0.25) is 0 Å². The van der Waals surface area contributed by atoms with Gasteiger partial charge in [0.05, 0.1) is 19.9 Å². The second-order valence-corrected chi connectivity index (χ2v) is 5.22. The van der Waals surface area contributed by atoms with Gasteiger partial charge in [0.25, 0.3) is 0 Å². The predicted molar refractivity (Wildman–Crippen MR) is 99.1 cm³/mol. The maximum Gasteiger partial charge on any atom is 0.341 e. The van der Waals surface area contributed by atoms with Crippen molar-refractivity contribution in [3.63, 3.8) is 0 Å². The van der Waals surface area contributed by atoms with Crippen LogP contribution < -0.4 is 10.1 Å². The molecule has 0 saturated carbocycles. The van der Waals surface area contributed by atoms with Gasteiger partial charge >= 0.3 is 5.97 Å². The smallest absolute Gasteiger partial charge is 0.341 e. The Morgan fingerprint density at radius 2 is 1.80 bits per heavy atom. The number of carbonyl (C=O) groups is 1. The quantitative estimate of drug-likeness (QED) is 0.712. The van der Waals surface area contributed by atoms with Gasteiger partial charge in [-0.2, -0.15) is 0 Å². The summed E-state index contributed by atoms with van der Waals surface area (Å²) in [5.74, 6) is 0.298. The molecule has 0 atom stereocenters. The molecule has 0 radical (unpaired) electrons. The van der Waals surface area contributed by atoms with Gasteiger partial charge in [-0.1, -0.05) is 0 Å². The van der Waals surface area contributed by atoms with Crippen LogP contribution in [0.1, 0.15) is 16.1 Å². The Kier molecular flexibility index (Phi) is 5.77. The second kappa shape index (κ2) is 7.81. The summed E-state index contributed by atoms with van der Waals surface area (Å²) in [6.45, 7) is 1.89. The van der Waals surface area contributed by atoms with Gasteiger partial charge in [-0.05, 0) is 43.3 Å². The molecule has 3 aromatic rings. The van der Waals surface area contributed by atoms with E-state index in [0.717, 1.165) is 22.5 Å². The number of hydrogen-bond acceptors (Lipinski definition) is 6. The number of nitrogens with zero attached hydrogens (tertiary/aromatic N) is 2. The van der Waals surface area contributed by atoms with E-state index in [4.69, 9.17) is 9.47 Å². The van der Waals surface area contributed by atoms with Crippen molar-refractivity contribution in [2.45, 2.75) is 6.92 Å². The van der Waals surface area contributed by atoms with E-state index < -0.39 is 5.97 Å². The van der Waals surface area contributed by atoms with E-state index in [0.29, 0.717) is 16.9 Å². The van der Waals surface area contributed by atoms with Crippen LogP contribution in [-0.2, 0) is 4.74 Å². The zero-order valence-electron chi connectivity index (χ0n) is 14.1. The first-order valence-electron chi connectivity index (χ1n) is 7.38. The molecule has 0 bridgehead atoms. The monoisotopic (exact) mass is 359 g/mol. The van der Waals surface area contributed by atoms with Crippen LogP contribution in [0.4, 0.5) is 11.4 Å². The van der Waals surface area contributed by atoms with Gasteiger partial charge in [0, 0.05) is 23.0 Å². The number of nitrogens with one attached hydrogen (secondary N) is 1. The van der Waals surface area contributed by atoms with Crippen molar-refractivity contribution in [2.75, 3.05) is 19.5 Å². The van der Waals surface area contributed by atoms with Gasteiger partial charge in [0.15, 0.2) is 5.65 Å². The van der Waals surface area contributed by atoms with Crippen LogP contribution in [0.25, 0.3) is 11.0 Å². The zero-order chi connectivity index (χ0) is 17.1. The first-order valence-corrected chi connectivity index (χ1v) is 7.38. The molecule has 130 valence electrons. The minimum Gasteiger partial charge on any atom is -0.497 e. The number of halogens is 1. The molecule has 0 unspecified atom stereocenters. The predicted octanol–water partition coefficient (Wildman–Crippen LogP) is 3.90. The van der Waals surface area contributed by atoms with Gasteiger partial charge < -0.3 is 14.8 Å². The molecule has 0 spiro atoms. The standard InChI is InChI=1S/C18H17N3O3.ClH/c1-11-4-9-14-16(21-12-5-7-13(23-2)8-6-12)15(18(22)24-3)10-19-17(14)20-11;/h4-10H,1-3H3,(H,19,20,21);1H. The molecule has 0 aliphatic rings. The van der Waals surface area contributed by atoms with Crippen LogP contribution in [0.3, 0.4) is 0 Å². The summed E-state index contributed by atoms with van der Waals surface area (Å²) >= 11 is 0. The molecule has 1 N–H and O–H groups in total. The third kappa shape index (κ3) is 3.80. The number of ether oxygens (including phenoxy) is 2. The number of pyridine rings is 2. The lowest BCUT2D eigenvalue weighted by Gasteiger charge is -2.14. The highest BCUT2D eigenvalue weighted by Gasteiger charge is 2.17. The Morgan fingerprint density at radius 3 is 2.44 bits per heavy atom.